The lowest BCUT2D eigenvalue weighted by molar-refractivity contribution is -0.274. The Morgan fingerprint density at radius 3 is 2.59 bits per heavy atom. The van der Waals surface area contributed by atoms with Crippen molar-refractivity contribution in [1.29, 1.82) is 0 Å². The average molecular weight is 626 g/mol. The van der Waals surface area contributed by atoms with Gasteiger partial charge in [0, 0.05) is 32.1 Å². The minimum atomic E-state index is -4.79. The predicted molar refractivity (Wildman–Crippen MR) is 163 cm³/mol. The summed E-state index contributed by atoms with van der Waals surface area (Å²) < 4.78 is 71.2. The van der Waals surface area contributed by atoms with Crippen LogP contribution in [-0.2, 0) is 23.0 Å². The van der Waals surface area contributed by atoms with E-state index >= 15 is 0 Å². The van der Waals surface area contributed by atoms with Crippen molar-refractivity contribution in [3.8, 4) is 16.9 Å². The van der Waals surface area contributed by atoms with Crippen LogP contribution in [-0.4, -0.2) is 62.3 Å². The number of hydrogen-bond donors (Lipinski definition) is 1. The van der Waals surface area contributed by atoms with Crippen LogP contribution in [0.2, 0.25) is 0 Å². The molecular formula is C32H34F3N5O3S. The van der Waals surface area contributed by atoms with E-state index < -0.39 is 16.4 Å². The molecule has 1 fully saturated rings. The van der Waals surface area contributed by atoms with Crippen molar-refractivity contribution in [3.63, 3.8) is 0 Å². The molecule has 2 aliphatic heterocycles. The van der Waals surface area contributed by atoms with Crippen LogP contribution >= 0.6 is 0 Å². The lowest BCUT2D eigenvalue weighted by atomic mass is 9.98. The fourth-order valence-corrected chi connectivity index (χ4v) is 7.50. The Labute approximate surface area is 254 Å². The topological polar surface area (TPSA) is 87.7 Å². The first kappa shape index (κ1) is 30.3. The van der Waals surface area contributed by atoms with Gasteiger partial charge in [0.15, 0.2) is 0 Å². The molecule has 1 aromatic heterocycles. The molecule has 0 atom stereocenters. The van der Waals surface area contributed by atoms with Gasteiger partial charge in [0.25, 0.3) is 0 Å². The average Bonchev–Trinajstić information content (AvgIpc) is 3.00. The second-order valence-electron chi connectivity index (χ2n) is 11.5. The molecule has 44 heavy (non-hydrogen) atoms. The van der Waals surface area contributed by atoms with Gasteiger partial charge < -0.3 is 15.0 Å². The first-order valence-corrected chi connectivity index (χ1v) is 16.1. The monoisotopic (exact) mass is 625 g/mol. The van der Waals surface area contributed by atoms with E-state index in [0.717, 1.165) is 53.5 Å². The number of hydrogen-bond acceptors (Lipinski definition) is 7. The minimum absolute atomic E-state index is 0.279. The molecule has 0 aliphatic carbocycles. The molecule has 0 radical (unpaired) electrons. The van der Waals surface area contributed by atoms with Crippen LogP contribution in [0.15, 0.2) is 65.8 Å². The molecule has 0 amide bonds. The molecule has 4 aromatic rings. The van der Waals surface area contributed by atoms with Crippen LogP contribution < -0.4 is 15.0 Å². The van der Waals surface area contributed by atoms with E-state index in [9.17, 15) is 21.6 Å². The number of aryl methyl sites for hydroxylation is 1. The van der Waals surface area contributed by atoms with E-state index in [1.54, 1.807) is 25.2 Å². The van der Waals surface area contributed by atoms with Gasteiger partial charge in [-0.05, 0) is 109 Å². The van der Waals surface area contributed by atoms with Crippen LogP contribution in [0.3, 0.4) is 0 Å². The van der Waals surface area contributed by atoms with Gasteiger partial charge in [0.05, 0.1) is 10.4 Å². The molecule has 0 saturated carbocycles. The van der Waals surface area contributed by atoms with E-state index in [2.05, 4.69) is 24.9 Å². The summed E-state index contributed by atoms with van der Waals surface area (Å²) in [6, 6.07) is 15.0. The minimum Gasteiger partial charge on any atom is -0.406 e. The highest BCUT2D eigenvalue weighted by Gasteiger charge is 2.31. The van der Waals surface area contributed by atoms with Crippen molar-refractivity contribution in [2.24, 2.45) is 5.92 Å². The molecule has 1 saturated heterocycles. The maximum atomic E-state index is 13.5. The molecule has 3 heterocycles. The maximum absolute atomic E-state index is 13.5. The number of halogens is 3. The lowest BCUT2D eigenvalue weighted by Gasteiger charge is -2.31. The van der Waals surface area contributed by atoms with E-state index in [1.807, 2.05) is 25.1 Å². The third-order valence-corrected chi connectivity index (χ3v) is 10.3. The third kappa shape index (κ3) is 6.38. The first-order chi connectivity index (χ1) is 21.0. The molecule has 2 aliphatic rings. The van der Waals surface area contributed by atoms with Crippen LogP contribution in [0.4, 0.5) is 19.0 Å². The van der Waals surface area contributed by atoms with Crippen LogP contribution in [0.25, 0.3) is 22.0 Å². The Hall–Kier alpha value is -3.74. The van der Waals surface area contributed by atoms with Crippen molar-refractivity contribution in [1.82, 2.24) is 19.6 Å². The Morgan fingerprint density at radius 2 is 1.82 bits per heavy atom. The van der Waals surface area contributed by atoms with Crippen molar-refractivity contribution in [2.45, 2.75) is 44.0 Å². The Morgan fingerprint density at radius 1 is 1.02 bits per heavy atom. The Balaban J connectivity index is 1.30. The SMILES string of the molecule is Cc1cc(-c2cccc(OC(F)(F)F)c2)cc2c(N3CCc4ccc(S(=O)(=O)N(C)CC5CCNCC5)cc4C3)ncnc12. The summed E-state index contributed by atoms with van der Waals surface area (Å²) in [6.45, 7) is 5.34. The number of alkyl halides is 3. The predicted octanol–water partition coefficient (Wildman–Crippen LogP) is 5.69. The highest BCUT2D eigenvalue weighted by atomic mass is 32.2. The van der Waals surface area contributed by atoms with Crippen molar-refractivity contribution in [3.05, 3.63) is 77.6 Å². The third-order valence-electron chi connectivity index (χ3n) is 8.48. The number of aromatic nitrogens is 2. The number of anilines is 1. The number of fused-ring (bicyclic) bond motifs is 2. The summed E-state index contributed by atoms with van der Waals surface area (Å²) in [5.41, 5.74) is 4.89. The molecule has 8 nitrogen and oxygen atoms in total. The van der Waals surface area contributed by atoms with E-state index in [1.165, 1.54) is 28.8 Å². The van der Waals surface area contributed by atoms with Gasteiger partial charge >= 0.3 is 6.36 Å². The second-order valence-corrected chi connectivity index (χ2v) is 13.6. The smallest absolute Gasteiger partial charge is 0.406 e. The molecule has 0 bridgehead atoms. The molecule has 12 heteroatoms. The van der Waals surface area contributed by atoms with Crippen LogP contribution in [0.1, 0.15) is 29.5 Å². The second kappa shape index (κ2) is 12.0. The summed E-state index contributed by atoms with van der Waals surface area (Å²) >= 11 is 0. The maximum Gasteiger partial charge on any atom is 0.573 e. The van der Waals surface area contributed by atoms with Gasteiger partial charge in [0.2, 0.25) is 10.0 Å². The Bertz CT molecular complexity index is 1790. The number of piperidine rings is 1. The summed E-state index contributed by atoms with van der Waals surface area (Å²) in [4.78, 5) is 11.5. The number of nitrogens with one attached hydrogen (secondary N) is 1. The largest absolute Gasteiger partial charge is 0.573 e. The van der Waals surface area contributed by atoms with Crippen molar-refractivity contribution in [2.75, 3.05) is 38.1 Å². The van der Waals surface area contributed by atoms with Crippen molar-refractivity contribution < 1.29 is 26.3 Å². The van der Waals surface area contributed by atoms with E-state index in [0.29, 0.717) is 48.9 Å². The quantitative estimate of drug-likeness (QED) is 0.283. The summed E-state index contributed by atoms with van der Waals surface area (Å²) in [7, 11) is -2.00. The summed E-state index contributed by atoms with van der Waals surface area (Å²) in [5.74, 6) is 0.727. The highest BCUT2D eigenvalue weighted by Crippen LogP contribution is 2.35. The standard InChI is InChI=1S/C32H34F3N5O3S/c1-21-14-25(24-4-3-5-27(15-24)43-32(33,34)35)17-29-30(21)37-20-38-31(29)40-13-10-23-6-7-28(16-26(23)19-40)44(41,42)39(2)18-22-8-11-36-12-9-22/h3-7,14-17,20,22,36H,8-13,18-19H2,1-2H3. The van der Waals surface area contributed by atoms with Gasteiger partial charge in [-0.3, -0.25) is 0 Å². The van der Waals surface area contributed by atoms with Crippen LogP contribution in [0, 0.1) is 12.8 Å². The normalized spacial score (nSPS) is 16.4. The summed E-state index contributed by atoms with van der Waals surface area (Å²) in [5, 5.41) is 4.08. The first-order valence-electron chi connectivity index (χ1n) is 14.6. The van der Waals surface area contributed by atoms with E-state index in [4.69, 9.17) is 0 Å². The van der Waals surface area contributed by atoms with E-state index in [-0.39, 0.29) is 10.6 Å². The fraction of sp³-hybridized carbons (Fsp3) is 0.375. The molecule has 3 aromatic carbocycles. The number of ether oxygens (including phenoxy) is 1. The molecule has 0 unspecified atom stereocenters. The van der Waals surface area contributed by atoms with Gasteiger partial charge in [0.1, 0.15) is 17.9 Å². The van der Waals surface area contributed by atoms with Gasteiger partial charge in [-0.25, -0.2) is 22.7 Å². The molecule has 6 rings (SSSR count). The zero-order valence-electron chi connectivity index (χ0n) is 24.6. The number of benzene rings is 3. The number of rotatable bonds is 7. The number of sulfonamides is 1. The van der Waals surface area contributed by atoms with Gasteiger partial charge in [-0.1, -0.05) is 18.2 Å². The molecule has 1 N–H and O–H groups in total. The zero-order valence-corrected chi connectivity index (χ0v) is 25.4. The Kier molecular flexibility index (Phi) is 8.25. The molecule has 0 spiro atoms. The number of nitrogens with zero attached hydrogens (tertiary/aromatic N) is 4. The van der Waals surface area contributed by atoms with Gasteiger partial charge in [-0.15, -0.1) is 13.2 Å². The fourth-order valence-electron chi connectivity index (χ4n) is 6.20. The summed E-state index contributed by atoms with van der Waals surface area (Å²) in [6.07, 6.45) is -0.652. The van der Waals surface area contributed by atoms with Gasteiger partial charge in [-0.2, -0.15) is 0 Å². The molecular weight excluding hydrogens is 591 g/mol. The zero-order chi connectivity index (χ0) is 31.1. The lowest BCUT2D eigenvalue weighted by Crippen LogP contribution is -2.37. The van der Waals surface area contributed by atoms with Crippen LogP contribution in [0.5, 0.6) is 5.75 Å². The molecule has 232 valence electrons. The van der Waals surface area contributed by atoms with Crippen molar-refractivity contribution >= 4 is 26.7 Å². The highest BCUT2D eigenvalue weighted by molar-refractivity contribution is 7.89.